The van der Waals surface area contributed by atoms with Crippen molar-refractivity contribution in [2.45, 2.75) is 255 Å². The zero-order chi connectivity index (χ0) is 49.5. The summed E-state index contributed by atoms with van der Waals surface area (Å²) in [5.41, 5.74) is 0.441. The van der Waals surface area contributed by atoms with Crippen LogP contribution >= 0.6 is 0 Å². The molecule has 7 aliphatic carbocycles. The van der Waals surface area contributed by atoms with Gasteiger partial charge in [-0.1, -0.05) is 86.1 Å². The second kappa shape index (κ2) is 16.8. The minimum atomic E-state index is -1.43. The Hall–Kier alpha value is -1.54. The molecule has 0 bridgehead atoms. The Morgan fingerprint density at radius 3 is 2.10 bits per heavy atom. The number of hydrogen-bond donors (Lipinski definition) is 3. The molecule has 1 saturated heterocycles. The van der Waals surface area contributed by atoms with Crippen LogP contribution in [-0.4, -0.2) is 62.2 Å². The van der Waals surface area contributed by atoms with Crippen LogP contribution in [0, 0.1) is 85.2 Å². The van der Waals surface area contributed by atoms with Gasteiger partial charge in [0.25, 0.3) is 0 Å². The molecule has 18 unspecified atom stereocenters. The molecule has 6 saturated carbocycles. The van der Waals surface area contributed by atoms with Crippen LogP contribution < -0.4 is 0 Å². The highest BCUT2D eigenvalue weighted by molar-refractivity contribution is 5.85. The summed E-state index contributed by atoms with van der Waals surface area (Å²) in [6, 6.07) is 0. The summed E-state index contributed by atoms with van der Waals surface area (Å²) in [6.07, 6.45) is 17.9. The third kappa shape index (κ3) is 7.81. The van der Waals surface area contributed by atoms with Gasteiger partial charge >= 0.3 is 5.97 Å². The predicted molar refractivity (Wildman–Crippen MR) is 269 cm³/mol. The second-order valence-corrected chi connectivity index (χ2v) is 28.7. The smallest absolute Gasteiger partial charge is 0.306 e. The Morgan fingerprint density at radius 1 is 0.821 bits per heavy atom. The second-order valence-electron chi connectivity index (χ2n) is 28.7. The molecule has 0 radical (unpaired) electrons. The zero-order valence-electron chi connectivity index (χ0n) is 45.3. The van der Waals surface area contributed by atoms with Gasteiger partial charge < -0.3 is 24.8 Å². The van der Waals surface area contributed by atoms with Crippen LogP contribution in [0.25, 0.3) is 0 Å². The van der Waals surface area contributed by atoms with E-state index in [0.717, 1.165) is 83.5 Å². The molecule has 1 aliphatic heterocycles. The van der Waals surface area contributed by atoms with Gasteiger partial charge in [-0.25, -0.2) is 0 Å². The number of ketones is 1. The van der Waals surface area contributed by atoms with E-state index in [1.807, 2.05) is 13.8 Å². The summed E-state index contributed by atoms with van der Waals surface area (Å²) < 4.78 is 13.4. The summed E-state index contributed by atoms with van der Waals surface area (Å²) in [7, 11) is 0. The normalized spacial score (nSPS) is 47.4. The topological polar surface area (TPSA) is 113 Å². The van der Waals surface area contributed by atoms with Crippen LogP contribution in [0.3, 0.4) is 0 Å². The Bertz CT molecular complexity index is 1970. The highest BCUT2D eigenvalue weighted by Gasteiger charge is 2.69. The lowest BCUT2D eigenvalue weighted by atomic mass is 9.40. The molecular formula is C60H98O7. The maximum Gasteiger partial charge on any atom is 0.306 e. The minimum absolute atomic E-state index is 0.0536. The van der Waals surface area contributed by atoms with Gasteiger partial charge in [0, 0.05) is 18.3 Å². The van der Waals surface area contributed by atoms with Crippen LogP contribution in [0.1, 0.15) is 219 Å². The molecule has 7 fully saturated rings. The number of ether oxygens (including phenoxy) is 2. The Kier molecular flexibility index (Phi) is 13.0. The van der Waals surface area contributed by atoms with E-state index < -0.39 is 23.4 Å². The van der Waals surface area contributed by atoms with Crippen molar-refractivity contribution in [2.75, 3.05) is 0 Å². The molecule has 8 aliphatic rings. The standard InChI is InChI=1S/C60H98O7/c1-36(2)38-17-18-42-40(23-32-59(15)46(24-33-58(42,59)14)60(16)34-26-48(67-60)52(6,7)64)54(38,10)29-27-49(62)66-44(50(63)53(8,9)65)35-37(3)39-21-30-57(13)43-19-20-45-51(4,5)47(61)25-28-55(45,11)41(43)22-31-56(39,57)12/h19,37-42,44-46,48,50,63-65H,1,17-18,20-35H2,2-16H3. The number of allylic oxidation sites excluding steroid dienone is 3. The molecular weight excluding hydrogens is 833 g/mol. The van der Waals surface area contributed by atoms with Crippen molar-refractivity contribution in [3.8, 4) is 0 Å². The van der Waals surface area contributed by atoms with Crippen molar-refractivity contribution in [1.82, 2.24) is 0 Å². The first kappa shape index (κ1) is 51.8. The summed E-state index contributed by atoms with van der Waals surface area (Å²) in [5, 5.41) is 34.1. The van der Waals surface area contributed by atoms with Gasteiger partial charge in [-0.2, -0.15) is 0 Å². The lowest BCUT2D eigenvalue weighted by Gasteiger charge is -2.64. The number of aliphatic hydroxyl groups is 3. The van der Waals surface area contributed by atoms with Crippen LogP contribution in [-0.2, 0) is 19.1 Å². The van der Waals surface area contributed by atoms with Crippen LogP contribution in [0.15, 0.2) is 23.8 Å². The molecule has 1 heterocycles. The number of Topliss-reactive ketones (excluding diaryl/α,β-unsaturated/α-hetero) is 1. The molecule has 0 aromatic heterocycles. The molecule has 7 nitrogen and oxygen atoms in total. The van der Waals surface area contributed by atoms with E-state index >= 15 is 0 Å². The highest BCUT2D eigenvalue weighted by Crippen LogP contribution is 2.76. The fourth-order valence-corrected chi connectivity index (χ4v) is 19.9. The lowest BCUT2D eigenvalue weighted by molar-refractivity contribution is -0.188. The molecule has 7 heteroatoms. The third-order valence-electron chi connectivity index (χ3n) is 24.3. The maximum atomic E-state index is 14.4. The van der Waals surface area contributed by atoms with E-state index in [1.165, 1.54) is 18.4 Å². The van der Waals surface area contributed by atoms with E-state index in [-0.39, 0.29) is 67.9 Å². The summed E-state index contributed by atoms with van der Waals surface area (Å²) in [6.45, 7) is 38.1. The summed E-state index contributed by atoms with van der Waals surface area (Å²) >= 11 is 0. The first-order chi connectivity index (χ1) is 30.7. The van der Waals surface area contributed by atoms with E-state index in [9.17, 15) is 24.9 Å². The summed E-state index contributed by atoms with van der Waals surface area (Å²) in [4.78, 5) is 27.6. The molecule has 0 aromatic carbocycles. The van der Waals surface area contributed by atoms with E-state index in [0.29, 0.717) is 60.1 Å². The SMILES string of the molecule is C=C(C)C1CCC2C(CCC3(C)C(C4(C)CCC(C(C)(C)O)O4)CCC23C)C1(C)CCC(=O)OC(CC(C)C1CCC2(C)C3=CCC4C(C)(C)C(=O)CCC4(C)C3CCC12C)C(O)C(C)(C)O. The van der Waals surface area contributed by atoms with Crippen molar-refractivity contribution >= 4 is 11.8 Å². The molecule has 0 aromatic rings. The van der Waals surface area contributed by atoms with Crippen molar-refractivity contribution in [3.05, 3.63) is 23.8 Å². The number of fused-ring (bicyclic) bond motifs is 8. The average molecular weight is 931 g/mol. The molecule has 0 spiro atoms. The number of carbonyl (C=O) groups is 2. The van der Waals surface area contributed by atoms with Gasteiger partial charge in [-0.3, -0.25) is 9.59 Å². The monoisotopic (exact) mass is 931 g/mol. The molecule has 67 heavy (non-hydrogen) atoms. The third-order valence-corrected chi connectivity index (χ3v) is 24.3. The first-order valence-electron chi connectivity index (χ1n) is 27.6. The first-order valence-corrected chi connectivity index (χ1v) is 27.6. The average Bonchev–Trinajstić information content (AvgIpc) is 3.86. The van der Waals surface area contributed by atoms with Crippen LogP contribution in [0.4, 0.5) is 0 Å². The van der Waals surface area contributed by atoms with Crippen LogP contribution in [0.2, 0.25) is 0 Å². The summed E-state index contributed by atoms with van der Waals surface area (Å²) in [5.74, 6) is 3.36. The van der Waals surface area contributed by atoms with Crippen molar-refractivity contribution in [3.63, 3.8) is 0 Å². The van der Waals surface area contributed by atoms with Gasteiger partial charge in [-0.15, -0.1) is 0 Å². The van der Waals surface area contributed by atoms with E-state index in [4.69, 9.17) is 9.47 Å². The quantitative estimate of drug-likeness (QED) is 0.132. The number of esters is 1. The molecule has 8 rings (SSSR count). The Balaban J connectivity index is 0.975. The maximum absolute atomic E-state index is 14.4. The molecule has 18 atom stereocenters. The van der Waals surface area contributed by atoms with Gasteiger partial charge in [0.1, 0.15) is 18.0 Å². The van der Waals surface area contributed by atoms with Gasteiger partial charge in [0.05, 0.1) is 22.9 Å². The Labute approximate surface area is 408 Å². The fourth-order valence-electron chi connectivity index (χ4n) is 19.9. The minimum Gasteiger partial charge on any atom is -0.459 e. The van der Waals surface area contributed by atoms with Crippen LogP contribution in [0.5, 0.6) is 0 Å². The van der Waals surface area contributed by atoms with E-state index in [2.05, 4.69) is 88.8 Å². The largest absolute Gasteiger partial charge is 0.459 e. The Morgan fingerprint density at radius 2 is 1.48 bits per heavy atom. The number of carbonyl (C=O) groups excluding carboxylic acids is 2. The van der Waals surface area contributed by atoms with Crippen molar-refractivity contribution in [1.29, 1.82) is 0 Å². The molecule has 0 amide bonds. The number of rotatable bonds is 12. The molecule has 3 N–H and O–H groups in total. The predicted octanol–water partition coefficient (Wildman–Crippen LogP) is 13.2. The number of aliphatic hydroxyl groups excluding tert-OH is 1. The number of hydrogen-bond acceptors (Lipinski definition) is 7. The zero-order valence-corrected chi connectivity index (χ0v) is 45.3. The van der Waals surface area contributed by atoms with Crippen molar-refractivity contribution in [2.24, 2.45) is 85.2 Å². The van der Waals surface area contributed by atoms with Crippen molar-refractivity contribution < 1.29 is 34.4 Å². The highest BCUT2D eigenvalue weighted by atomic mass is 16.6. The van der Waals surface area contributed by atoms with Gasteiger partial charge in [0.2, 0.25) is 0 Å². The lowest BCUT2D eigenvalue weighted by Crippen LogP contribution is -2.58. The fraction of sp³-hybridized carbons (Fsp3) is 0.900. The molecule has 380 valence electrons. The van der Waals surface area contributed by atoms with Gasteiger partial charge in [-0.05, 0) is 224 Å². The van der Waals surface area contributed by atoms with Gasteiger partial charge in [0.15, 0.2) is 0 Å². The van der Waals surface area contributed by atoms with E-state index in [1.54, 1.807) is 19.4 Å².